The average molecular weight is 282 g/mol. The predicted octanol–water partition coefficient (Wildman–Crippen LogP) is 3.56. The first-order valence-electron chi connectivity index (χ1n) is 4.73. The van der Waals surface area contributed by atoms with Gasteiger partial charge in [0.25, 0.3) is 0 Å². The lowest BCUT2D eigenvalue weighted by molar-refractivity contribution is 0.300. The highest BCUT2D eigenvalue weighted by Crippen LogP contribution is 2.22. The summed E-state index contributed by atoms with van der Waals surface area (Å²) in [6.45, 7) is 0.374. The maximum absolute atomic E-state index is 12.9. The van der Waals surface area contributed by atoms with Crippen molar-refractivity contribution in [3.63, 3.8) is 0 Å². The normalized spacial score (nSPS) is 10.1. The lowest BCUT2D eigenvalue weighted by Gasteiger charge is -2.06. The molecule has 2 nitrogen and oxygen atoms in total. The summed E-state index contributed by atoms with van der Waals surface area (Å²) in [4.78, 5) is 4.12. The van der Waals surface area contributed by atoms with E-state index in [4.69, 9.17) is 4.74 Å². The van der Waals surface area contributed by atoms with Gasteiger partial charge in [-0.05, 0) is 46.3 Å². The minimum Gasteiger partial charge on any atom is -0.487 e. The van der Waals surface area contributed by atoms with Crippen LogP contribution in [-0.4, -0.2) is 4.98 Å². The summed E-state index contributed by atoms with van der Waals surface area (Å²) in [5.74, 6) is 0.309. The number of benzene rings is 1. The molecule has 0 aliphatic rings. The van der Waals surface area contributed by atoms with Crippen LogP contribution in [0.4, 0.5) is 4.39 Å². The van der Waals surface area contributed by atoms with Gasteiger partial charge in [0.2, 0.25) is 0 Å². The maximum atomic E-state index is 12.9. The summed E-state index contributed by atoms with van der Waals surface area (Å²) >= 11 is 3.10. The Kier molecular flexibility index (Phi) is 3.51. The van der Waals surface area contributed by atoms with Crippen molar-refractivity contribution < 1.29 is 9.13 Å². The molecule has 0 radical (unpaired) electrons. The number of pyridine rings is 1. The molecule has 0 spiro atoms. The van der Waals surface area contributed by atoms with Gasteiger partial charge in [-0.2, -0.15) is 0 Å². The number of hydrogen-bond donors (Lipinski definition) is 0. The molecule has 0 saturated heterocycles. The molecule has 2 rings (SSSR count). The van der Waals surface area contributed by atoms with Crippen LogP contribution in [0.5, 0.6) is 5.75 Å². The number of halogens is 2. The topological polar surface area (TPSA) is 22.1 Å². The molecule has 1 heterocycles. The summed E-state index contributed by atoms with van der Waals surface area (Å²) in [7, 11) is 0. The first-order chi connectivity index (χ1) is 7.75. The van der Waals surface area contributed by atoms with Crippen LogP contribution >= 0.6 is 15.9 Å². The fourth-order valence-corrected chi connectivity index (χ4v) is 1.57. The second-order valence-corrected chi connectivity index (χ2v) is 4.04. The number of rotatable bonds is 3. The Morgan fingerprint density at radius 2 is 2.12 bits per heavy atom. The van der Waals surface area contributed by atoms with Crippen molar-refractivity contribution in [2.45, 2.75) is 6.61 Å². The Balaban J connectivity index is 2.03. The third kappa shape index (κ3) is 2.79. The Labute approximate surface area is 101 Å². The Hall–Kier alpha value is -1.42. The van der Waals surface area contributed by atoms with Gasteiger partial charge in [0.05, 0.1) is 10.2 Å². The van der Waals surface area contributed by atoms with Gasteiger partial charge in [-0.25, -0.2) is 4.39 Å². The first kappa shape index (κ1) is 11.1. The zero-order valence-corrected chi connectivity index (χ0v) is 9.95. The molecule has 0 aliphatic heterocycles. The van der Waals surface area contributed by atoms with E-state index in [-0.39, 0.29) is 5.82 Å². The zero-order valence-electron chi connectivity index (χ0n) is 8.36. The number of nitrogens with zero attached hydrogens (tertiary/aromatic N) is 1. The average Bonchev–Trinajstić information content (AvgIpc) is 2.32. The second-order valence-electron chi connectivity index (χ2n) is 3.19. The lowest BCUT2D eigenvalue weighted by Crippen LogP contribution is -1.97. The van der Waals surface area contributed by atoms with Crippen molar-refractivity contribution >= 4 is 15.9 Å². The van der Waals surface area contributed by atoms with Gasteiger partial charge in [0.1, 0.15) is 18.2 Å². The van der Waals surface area contributed by atoms with Crippen LogP contribution in [0.15, 0.2) is 47.1 Å². The van der Waals surface area contributed by atoms with Gasteiger partial charge in [-0.3, -0.25) is 4.98 Å². The SMILES string of the molecule is Fc1ccc(OCc2ccccn2)cc1Br. The van der Waals surface area contributed by atoms with E-state index in [1.54, 1.807) is 18.3 Å². The van der Waals surface area contributed by atoms with Gasteiger partial charge in [0.15, 0.2) is 0 Å². The molecule has 82 valence electrons. The van der Waals surface area contributed by atoms with Gasteiger partial charge in [-0.15, -0.1) is 0 Å². The van der Waals surface area contributed by atoms with E-state index in [0.29, 0.717) is 16.8 Å². The molecule has 0 saturated carbocycles. The molecule has 0 fully saturated rings. The first-order valence-corrected chi connectivity index (χ1v) is 5.53. The molecule has 16 heavy (non-hydrogen) atoms. The molecular formula is C12H9BrFNO. The molecular weight excluding hydrogens is 273 g/mol. The second kappa shape index (κ2) is 5.07. The number of ether oxygens (including phenoxy) is 1. The lowest BCUT2D eigenvalue weighted by atomic mass is 10.3. The van der Waals surface area contributed by atoms with Crippen LogP contribution in [0.3, 0.4) is 0 Å². The highest BCUT2D eigenvalue weighted by molar-refractivity contribution is 9.10. The van der Waals surface area contributed by atoms with Crippen LogP contribution in [0, 0.1) is 5.82 Å². The van der Waals surface area contributed by atoms with Crippen molar-refractivity contribution in [1.29, 1.82) is 0 Å². The number of hydrogen-bond acceptors (Lipinski definition) is 2. The van der Waals surface area contributed by atoms with E-state index >= 15 is 0 Å². The van der Waals surface area contributed by atoms with Crippen LogP contribution < -0.4 is 4.74 Å². The zero-order chi connectivity index (χ0) is 11.4. The number of aromatic nitrogens is 1. The summed E-state index contributed by atoms with van der Waals surface area (Å²) in [6, 6.07) is 10.2. The smallest absolute Gasteiger partial charge is 0.137 e. The van der Waals surface area contributed by atoms with Crippen LogP contribution in [-0.2, 0) is 6.61 Å². The van der Waals surface area contributed by atoms with Crippen LogP contribution in [0.25, 0.3) is 0 Å². The van der Waals surface area contributed by atoms with Gasteiger partial charge >= 0.3 is 0 Å². The van der Waals surface area contributed by atoms with E-state index in [1.807, 2.05) is 18.2 Å². The standard InChI is InChI=1S/C12H9BrFNO/c13-11-7-10(4-5-12(11)14)16-8-9-3-1-2-6-15-9/h1-7H,8H2. The molecule has 4 heteroatoms. The Morgan fingerprint density at radius 3 is 2.81 bits per heavy atom. The maximum Gasteiger partial charge on any atom is 0.137 e. The van der Waals surface area contributed by atoms with E-state index < -0.39 is 0 Å². The summed E-state index contributed by atoms with van der Waals surface area (Å²) in [5.41, 5.74) is 0.836. The highest BCUT2D eigenvalue weighted by atomic mass is 79.9. The summed E-state index contributed by atoms with van der Waals surface area (Å²) < 4.78 is 18.8. The molecule has 0 unspecified atom stereocenters. The minimum atomic E-state index is -0.301. The molecule has 0 aliphatic carbocycles. The highest BCUT2D eigenvalue weighted by Gasteiger charge is 2.01. The van der Waals surface area contributed by atoms with Crippen molar-refractivity contribution in [2.24, 2.45) is 0 Å². The molecule has 1 aromatic carbocycles. The van der Waals surface area contributed by atoms with Gasteiger partial charge < -0.3 is 4.74 Å². The summed E-state index contributed by atoms with van der Waals surface area (Å²) in [6.07, 6.45) is 1.71. The molecule has 0 amide bonds. The molecule has 0 bridgehead atoms. The van der Waals surface area contributed by atoms with E-state index in [1.165, 1.54) is 6.07 Å². The molecule has 0 N–H and O–H groups in total. The monoisotopic (exact) mass is 281 g/mol. The third-order valence-corrected chi connectivity index (χ3v) is 2.61. The quantitative estimate of drug-likeness (QED) is 0.858. The molecule has 1 aromatic heterocycles. The largest absolute Gasteiger partial charge is 0.487 e. The fraction of sp³-hybridized carbons (Fsp3) is 0.0833. The Bertz CT molecular complexity index is 476. The van der Waals surface area contributed by atoms with Crippen molar-refractivity contribution in [1.82, 2.24) is 4.98 Å². The van der Waals surface area contributed by atoms with Crippen LogP contribution in [0.1, 0.15) is 5.69 Å². The predicted molar refractivity (Wildman–Crippen MR) is 62.7 cm³/mol. The van der Waals surface area contributed by atoms with Gasteiger partial charge in [-0.1, -0.05) is 6.07 Å². The Morgan fingerprint density at radius 1 is 1.25 bits per heavy atom. The van der Waals surface area contributed by atoms with Crippen molar-refractivity contribution in [2.75, 3.05) is 0 Å². The van der Waals surface area contributed by atoms with Crippen molar-refractivity contribution in [3.8, 4) is 5.75 Å². The van der Waals surface area contributed by atoms with E-state index in [2.05, 4.69) is 20.9 Å². The van der Waals surface area contributed by atoms with Crippen molar-refractivity contribution in [3.05, 3.63) is 58.6 Å². The molecule has 2 aromatic rings. The van der Waals surface area contributed by atoms with Gasteiger partial charge in [0, 0.05) is 6.20 Å². The molecule has 0 atom stereocenters. The fourth-order valence-electron chi connectivity index (χ4n) is 1.21. The summed E-state index contributed by atoms with van der Waals surface area (Å²) in [5, 5.41) is 0. The third-order valence-electron chi connectivity index (χ3n) is 2.00. The van der Waals surface area contributed by atoms with E-state index in [9.17, 15) is 4.39 Å². The van der Waals surface area contributed by atoms with Crippen LogP contribution in [0.2, 0.25) is 0 Å². The minimum absolute atomic E-state index is 0.301. The van der Waals surface area contributed by atoms with E-state index in [0.717, 1.165) is 5.69 Å².